The van der Waals surface area contributed by atoms with Crippen molar-refractivity contribution in [1.29, 1.82) is 0 Å². The molecule has 0 saturated carbocycles. The van der Waals surface area contributed by atoms with Crippen molar-refractivity contribution in [2.75, 3.05) is 0 Å². The van der Waals surface area contributed by atoms with Gasteiger partial charge in [-0.2, -0.15) is 11.3 Å². The summed E-state index contributed by atoms with van der Waals surface area (Å²) in [5.41, 5.74) is 14.5. The first-order valence-corrected chi connectivity index (χ1v) is 10.6. The van der Waals surface area contributed by atoms with Crippen LogP contribution in [-0.4, -0.2) is 4.98 Å². The van der Waals surface area contributed by atoms with Crippen molar-refractivity contribution in [3.8, 4) is 11.1 Å². The van der Waals surface area contributed by atoms with Crippen molar-refractivity contribution < 1.29 is 0 Å². The van der Waals surface area contributed by atoms with Crippen molar-refractivity contribution in [3.63, 3.8) is 0 Å². The Morgan fingerprint density at radius 3 is 2.70 bits per heavy atom. The highest BCUT2D eigenvalue weighted by Crippen LogP contribution is 2.45. The van der Waals surface area contributed by atoms with Gasteiger partial charge in [-0.25, -0.2) is 0 Å². The summed E-state index contributed by atoms with van der Waals surface area (Å²) < 4.78 is 0. The molecule has 5 rings (SSSR count). The molecule has 0 saturated heterocycles. The van der Waals surface area contributed by atoms with E-state index < -0.39 is 0 Å². The number of hydrogen-bond donors (Lipinski definition) is 2. The van der Waals surface area contributed by atoms with Crippen LogP contribution in [0.25, 0.3) is 22.0 Å². The number of aromatic nitrogens is 1. The molecule has 0 radical (unpaired) electrons. The maximum absolute atomic E-state index is 7.11. The van der Waals surface area contributed by atoms with Gasteiger partial charge in [-0.1, -0.05) is 43.3 Å². The lowest BCUT2D eigenvalue weighted by atomic mass is 9.71. The van der Waals surface area contributed by atoms with Crippen molar-refractivity contribution in [2.45, 2.75) is 37.6 Å². The lowest BCUT2D eigenvalue weighted by Crippen LogP contribution is -2.44. The highest BCUT2D eigenvalue weighted by molar-refractivity contribution is 7.08. The average molecular weight is 373 g/mol. The minimum absolute atomic E-state index is 0.266. The number of nitrogens with two attached hydrogens (primary N) is 1. The van der Waals surface area contributed by atoms with Gasteiger partial charge in [-0.05, 0) is 70.5 Å². The second-order valence-electron chi connectivity index (χ2n) is 7.78. The highest BCUT2D eigenvalue weighted by atomic mass is 32.1. The molecule has 1 aliphatic carbocycles. The number of aryl methyl sites for hydroxylation is 1. The van der Waals surface area contributed by atoms with Gasteiger partial charge in [-0.15, -0.1) is 0 Å². The molecule has 2 aromatic carbocycles. The fraction of sp³-hybridized carbons (Fsp3) is 0.250. The summed E-state index contributed by atoms with van der Waals surface area (Å²) in [6.07, 6.45) is 3.25. The van der Waals surface area contributed by atoms with E-state index in [4.69, 9.17) is 5.73 Å². The molecular formula is C24H24N2S. The van der Waals surface area contributed by atoms with E-state index in [2.05, 4.69) is 77.3 Å². The fourth-order valence-corrected chi connectivity index (χ4v) is 5.33. The number of thiophene rings is 1. The number of benzene rings is 2. The zero-order valence-electron chi connectivity index (χ0n) is 15.5. The van der Waals surface area contributed by atoms with Crippen LogP contribution in [0, 0.1) is 0 Å². The summed E-state index contributed by atoms with van der Waals surface area (Å²) in [5.74, 6) is 0.266. The van der Waals surface area contributed by atoms with Crippen LogP contribution in [-0.2, 0) is 12.0 Å². The van der Waals surface area contributed by atoms with E-state index in [1.54, 1.807) is 11.3 Å². The Kier molecular flexibility index (Phi) is 3.96. The summed E-state index contributed by atoms with van der Waals surface area (Å²) in [7, 11) is 0. The van der Waals surface area contributed by atoms with Gasteiger partial charge in [0, 0.05) is 22.5 Å². The van der Waals surface area contributed by atoms with Crippen LogP contribution < -0.4 is 5.73 Å². The van der Waals surface area contributed by atoms with E-state index in [9.17, 15) is 0 Å². The van der Waals surface area contributed by atoms with Crippen molar-refractivity contribution >= 4 is 22.2 Å². The highest BCUT2D eigenvalue weighted by Gasteiger charge is 2.40. The molecule has 1 aliphatic rings. The zero-order valence-corrected chi connectivity index (χ0v) is 16.4. The number of H-pyrrole nitrogens is 1. The first-order chi connectivity index (χ1) is 13.2. The lowest BCUT2D eigenvalue weighted by Gasteiger charge is -2.39. The number of rotatable bonds is 3. The Bertz CT molecular complexity index is 1080. The molecule has 2 atom stereocenters. The van der Waals surface area contributed by atoms with Crippen LogP contribution in [0.4, 0.5) is 0 Å². The molecule has 27 heavy (non-hydrogen) atoms. The minimum atomic E-state index is -0.351. The molecule has 2 nitrogen and oxygen atoms in total. The van der Waals surface area contributed by atoms with Crippen LogP contribution in [0.3, 0.4) is 0 Å². The van der Waals surface area contributed by atoms with E-state index in [0.717, 1.165) is 19.3 Å². The third kappa shape index (κ3) is 2.65. The molecule has 2 aromatic heterocycles. The largest absolute Gasteiger partial charge is 0.357 e. The zero-order chi connectivity index (χ0) is 18.4. The number of aromatic amines is 1. The normalized spacial score (nSPS) is 20.5. The molecule has 4 aromatic rings. The smallest absolute Gasteiger partial charge is 0.0631 e. The maximum Gasteiger partial charge on any atom is 0.0631 e. The molecule has 136 valence electrons. The Hall–Kier alpha value is -2.36. The van der Waals surface area contributed by atoms with Crippen molar-refractivity contribution in [3.05, 3.63) is 82.2 Å². The Morgan fingerprint density at radius 1 is 1.07 bits per heavy atom. The average Bonchev–Trinajstić information content (AvgIpc) is 3.36. The Morgan fingerprint density at radius 2 is 1.93 bits per heavy atom. The van der Waals surface area contributed by atoms with E-state index >= 15 is 0 Å². The van der Waals surface area contributed by atoms with Gasteiger partial charge < -0.3 is 10.7 Å². The molecule has 0 spiro atoms. The van der Waals surface area contributed by atoms with Crippen LogP contribution in [0.2, 0.25) is 0 Å². The molecule has 1 unspecified atom stereocenters. The molecular weight excluding hydrogens is 348 g/mol. The predicted molar refractivity (Wildman–Crippen MR) is 115 cm³/mol. The molecule has 3 N–H and O–H groups in total. The third-order valence-corrected chi connectivity index (χ3v) is 7.00. The topological polar surface area (TPSA) is 41.8 Å². The SMILES string of the molecule is C[C@@H](c1ccccc1)C1(N)CCCc2c1[nH]c1ccc(-c3ccsc3)cc21. The molecule has 0 amide bonds. The molecule has 0 aliphatic heterocycles. The summed E-state index contributed by atoms with van der Waals surface area (Å²) in [5, 5.41) is 5.69. The van der Waals surface area contributed by atoms with Gasteiger partial charge in [0.1, 0.15) is 0 Å². The van der Waals surface area contributed by atoms with Gasteiger partial charge in [0.05, 0.1) is 5.54 Å². The van der Waals surface area contributed by atoms with Crippen molar-refractivity contribution in [2.24, 2.45) is 5.73 Å². The van der Waals surface area contributed by atoms with E-state index in [-0.39, 0.29) is 11.5 Å². The van der Waals surface area contributed by atoms with E-state index in [1.807, 2.05) is 0 Å². The number of hydrogen-bond acceptors (Lipinski definition) is 2. The first-order valence-electron chi connectivity index (χ1n) is 9.68. The minimum Gasteiger partial charge on any atom is -0.357 e. The van der Waals surface area contributed by atoms with Crippen molar-refractivity contribution in [1.82, 2.24) is 4.98 Å². The Labute approximate surface area is 164 Å². The van der Waals surface area contributed by atoms with Gasteiger partial charge in [0.2, 0.25) is 0 Å². The van der Waals surface area contributed by atoms with Crippen LogP contribution in [0.1, 0.15) is 42.5 Å². The standard InChI is InChI=1S/C24H24N2S/c1-16(17-6-3-2-4-7-17)24(25)12-5-8-20-21-14-18(19-11-13-27-15-19)9-10-22(21)26-23(20)24/h2-4,6-7,9-11,13-16,26H,5,8,12,25H2,1H3/t16-,24?/m0/s1. The quantitative estimate of drug-likeness (QED) is 0.442. The summed E-state index contributed by atoms with van der Waals surface area (Å²) in [4.78, 5) is 3.71. The Balaban J connectivity index is 1.65. The van der Waals surface area contributed by atoms with Crippen LogP contribution >= 0.6 is 11.3 Å². The second kappa shape index (κ2) is 6.36. The van der Waals surface area contributed by atoms with Gasteiger partial charge in [0.15, 0.2) is 0 Å². The second-order valence-corrected chi connectivity index (χ2v) is 8.56. The maximum atomic E-state index is 7.11. The first kappa shape index (κ1) is 16.8. The van der Waals surface area contributed by atoms with E-state index in [0.29, 0.717) is 0 Å². The molecule has 3 heteroatoms. The number of fused-ring (bicyclic) bond motifs is 3. The summed E-state index contributed by atoms with van der Waals surface area (Å²) in [6, 6.07) is 19.6. The molecule has 2 heterocycles. The van der Waals surface area contributed by atoms with E-state index in [1.165, 1.54) is 38.9 Å². The van der Waals surface area contributed by atoms with Gasteiger partial charge in [0.25, 0.3) is 0 Å². The van der Waals surface area contributed by atoms with Crippen LogP contribution in [0.15, 0.2) is 65.4 Å². The lowest BCUT2D eigenvalue weighted by molar-refractivity contribution is 0.310. The number of nitrogens with one attached hydrogen (secondary N) is 1. The van der Waals surface area contributed by atoms with Gasteiger partial charge >= 0.3 is 0 Å². The third-order valence-electron chi connectivity index (χ3n) is 6.32. The predicted octanol–water partition coefficient (Wildman–Crippen LogP) is 6.19. The summed E-state index contributed by atoms with van der Waals surface area (Å²) >= 11 is 1.74. The van der Waals surface area contributed by atoms with Gasteiger partial charge in [-0.3, -0.25) is 0 Å². The van der Waals surface area contributed by atoms with Crippen LogP contribution in [0.5, 0.6) is 0 Å². The fourth-order valence-electron chi connectivity index (χ4n) is 4.67. The molecule has 0 fully saturated rings. The monoisotopic (exact) mass is 372 g/mol. The molecule has 0 bridgehead atoms. The summed E-state index contributed by atoms with van der Waals surface area (Å²) in [6.45, 7) is 2.27.